The topological polar surface area (TPSA) is 3.24 Å². The van der Waals surface area contributed by atoms with Crippen molar-refractivity contribution in [2.24, 2.45) is 5.92 Å². The Morgan fingerprint density at radius 2 is 2.22 bits per heavy atom. The van der Waals surface area contributed by atoms with Gasteiger partial charge in [0.2, 0.25) is 0 Å². The van der Waals surface area contributed by atoms with Crippen molar-refractivity contribution in [2.75, 3.05) is 25.4 Å². The zero-order valence-corrected chi connectivity index (χ0v) is 12.1. The molecular formula is C16H23NS. The van der Waals surface area contributed by atoms with E-state index in [0.29, 0.717) is 0 Å². The van der Waals surface area contributed by atoms with Gasteiger partial charge in [-0.25, -0.2) is 0 Å². The number of thioether (sulfide) groups is 1. The summed E-state index contributed by atoms with van der Waals surface area (Å²) in [4.78, 5) is 4.23. The van der Waals surface area contributed by atoms with Gasteiger partial charge in [-0.2, -0.15) is 0 Å². The van der Waals surface area contributed by atoms with E-state index in [1.165, 1.54) is 49.5 Å². The van der Waals surface area contributed by atoms with E-state index >= 15 is 0 Å². The largest absolute Gasteiger partial charge is 0.302 e. The molecule has 0 bridgehead atoms. The van der Waals surface area contributed by atoms with Gasteiger partial charge in [0, 0.05) is 29.7 Å². The fourth-order valence-corrected chi connectivity index (χ4v) is 4.58. The van der Waals surface area contributed by atoms with Crippen LogP contribution in [0.15, 0.2) is 29.2 Å². The molecule has 2 unspecified atom stereocenters. The molecule has 2 heterocycles. The smallest absolute Gasteiger partial charge is 0.0108 e. The lowest BCUT2D eigenvalue weighted by Gasteiger charge is -2.34. The molecule has 1 fully saturated rings. The first kappa shape index (κ1) is 12.6. The van der Waals surface area contributed by atoms with Gasteiger partial charge in [-0.15, -0.1) is 11.8 Å². The summed E-state index contributed by atoms with van der Waals surface area (Å²) < 4.78 is 0. The van der Waals surface area contributed by atoms with Gasteiger partial charge >= 0.3 is 0 Å². The molecule has 1 aromatic carbocycles. The number of likely N-dealkylation sites (tertiary alicyclic amines) is 1. The quantitative estimate of drug-likeness (QED) is 0.809. The lowest BCUT2D eigenvalue weighted by Crippen LogP contribution is -2.37. The predicted molar refractivity (Wildman–Crippen MR) is 79.4 cm³/mol. The Hall–Kier alpha value is -0.470. The van der Waals surface area contributed by atoms with Crippen molar-refractivity contribution in [3.8, 4) is 0 Å². The molecule has 0 N–H and O–H groups in total. The van der Waals surface area contributed by atoms with Gasteiger partial charge in [0.25, 0.3) is 0 Å². The average molecular weight is 261 g/mol. The lowest BCUT2D eigenvalue weighted by atomic mass is 9.93. The van der Waals surface area contributed by atoms with Crippen molar-refractivity contribution < 1.29 is 0 Å². The molecule has 1 aromatic rings. The maximum atomic E-state index is 2.71. The minimum Gasteiger partial charge on any atom is -0.302 e. The van der Waals surface area contributed by atoms with E-state index in [-0.39, 0.29) is 0 Å². The Morgan fingerprint density at radius 1 is 1.33 bits per heavy atom. The summed E-state index contributed by atoms with van der Waals surface area (Å²) >= 11 is 2.04. The van der Waals surface area contributed by atoms with Crippen molar-refractivity contribution >= 4 is 11.8 Å². The second kappa shape index (κ2) is 5.66. The summed E-state index contributed by atoms with van der Waals surface area (Å²) in [5, 5.41) is 0. The van der Waals surface area contributed by atoms with Crippen LogP contribution in [0.25, 0.3) is 0 Å². The molecule has 98 valence electrons. The molecule has 2 aliphatic rings. The number of hydrogen-bond donors (Lipinski definition) is 0. The summed E-state index contributed by atoms with van der Waals surface area (Å²) in [5.41, 5.74) is 1.60. The van der Waals surface area contributed by atoms with Crippen LogP contribution in [-0.2, 0) is 0 Å². The van der Waals surface area contributed by atoms with Gasteiger partial charge in [-0.3, -0.25) is 0 Å². The Kier molecular flexibility index (Phi) is 3.95. The maximum Gasteiger partial charge on any atom is 0.0108 e. The summed E-state index contributed by atoms with van der Waals surface area (Å²) in [6.45, 7) is 6.27. The molecule has 0 aliphatic carbocycles. The third-order valence-electron chi connectivity index (χ3n) is 4.46. The third kappa shape index (κ3) is 2.60. The Morgan fingerprint density at radius 3 is 3.11 bits per heavy atom. The van der Waals surface area contributed by atoms with Crippen LogP contribution in [0.5, 0.6) is 0 Å². The summed E-state index contributed by atoms with van der Waals surface area (Å²) in [6.07, 6.45) is 4.20. The second-order valence-corrected chi connectivity index (χ2v) is 6.78. The van der Waals surface area contributed by atoms with Crippen LogP contribution in [0.3, 0.4) is 0 Å². The van der Waals surface area contributed by atoms with E-state index in [0.717, 1.165) is 11.8 Å². The Balaban J connectivity index is 1.64. The van der Waals surface area contributed by atoms with Crippen LogP contribution in [0.4, 0.5) is 0 Å². The second-order valence-electron chi connectivity index (χ2n) is 5.72. The lowest BCUT2D eigenvalue weighted by molar-refractivity contribution is 0.166. The fourth-order valence-electron chi connectivity index (χ4n) is 3.34. The van der Waals surface area contributed by atoms with Crippen molar-refractivity contribution in [3.05, 3.63) is 29.8 Å². The van der Waals surface area contributed by atoms with Crippen LogP contribution in [-0.4, -0.2) is 30.3 Å². The van der Waals surface area contributed by atoms with Crippen LogP contribution in [0.1, 0.15) is 37.7 Å². The van der Waals surface area contributed by atoms with Gasteiger partial charge in [-0.1, -0.05) is 31.5 Å². The van der Waals surface area contributed by atoms with Crippen LogP contribution in [0, 0.1) is 5.92 Å². The van der Waals surface area contributed by atoms with E-state index in [1.54, 1.807) is 5.56 Å². The number of fused-ring (bicyclic) bond motifs is 1. The summed E-state index contributed by atoms with van der Waals surface area (Å²) in [7, 11) is 0. The molecule has 2 aliphatic heterocycles. The highest BCUT2D eigenvalue weighted by Crippen LogP contribution is 2.40. The minimum absolute atomic E-state index is 0.766. The number of rotatable bonds is 3. The van der Waals surface area contributed by atoms with Gasteiger partial charge in [0.1, 0.15) is 0 Å². The highest BCUT2D eigenvalue weighted by Gasteiger charge is 2.26. The van der Waals surface area contributed by atoms with Gasteiger partial charge in [0.15, 0.2) is 0 Å². The first-order valence-electron chi connectivity index (χ1n) is 7.31. The van der Waals surface area contributed by atoms with Crippen LogP contribution >= 0.6 is 11.8 Å². The molecule has 2 heteroatoms. The highest BCUT2D eigenvalue weighted by atomic mass is 32.2. The Bertz CT molecular complexity index is 404. The minimum atomic E-state index is 0.766. The zero-order chi connectivity index (χ0) is 12.4. The molecule has 1 nitrogen and oxygen atoms in total. The van der Waals surface area contributed by atoms with Crippen molar-refractivity contribution in [2.45, 2.75) is 37.0 Å². The number of benzene rings is 1. The molecule has 18 heavy (non-hydrogen) atoms. The van der Waals surface area contributed by atoms with Gasteiger partial charge < -0.3 is 4.90 Å². The molecule has 0 aromatic heterocycles. The van der Waals surface area contributed by atoms with E-state index in [1.807, 2.05) is 11.8 Å². The monoisotopic (exact) mass is 261 g/mol. The van der Waals surface area contributed by atoms with Crippen molar-refractivity contribution in [1.29, 1.82) is 0 Å². The molecule has 0 saturated carbocycles. The normalized spacial score (nSPS) is 28.3. The Labute approximate surface area is 115 Å². The van der Waals surface area contributed by atoms with E-state index in [4.69, 9.17) is 0 Å². The van der Waals surface area contributed by atoms with E-state index in [9.17, 15) is 0 Å². The fraction of sp³-hybridized carbons (Fsp3) is 0.625. The van der Waals surface area contributed by atoms with Crippen LogP contribution < -0.4 is 0 Å². The standard InChI is InChI=1S/C16H23NS/c1-2-13-6-5-9-17(10-13)11-14-12-18-16-8-4-3-7-15(14)16/h3-4,7-8,13-14H,2,5-6,9-12H2,1H3. The van der Waals surface area contributed by atoms with E-state index in [2.05, 4.69) is 36.1 Å². The van der Waals surface area contributed by atoms with Crippen LogP contribution in [0.2, 0.25) is 0 Å². The average Bonchev–Trinajstić information content (AvgIpc) is 2.83. The summed E-state index contributed by atoms with van der Waals surface area (Å²) in [5.74, 6) is 3.00. The molecule has 2 atom stereocenters. The zero-order valence-electron chi connectivity index (χ0n) is 11.3. The number of nitrogens with zero attached hydrogens (tertiary/aromatic N) is 1. The molecule has 0 radical (unpaired) electrons. The molecule has 3 rings (SSSR count). The van der Waals surface area contributed by atoms with Gasteiger partial charge in [-0.05, 0) is 36.9 Å². The highest BCUT2D eigenvalue weighted by molar-refractivity contribution is 7.99. The van der Waals surface area contributed by atoms with Gasteiger partial charge in [0.05, 0.1) is 0 Å². The van der Waals surface area contributed by atoms with Crippen molar-refractivity contribution in [1.82, 2.24) is 4.90 Å². The van der Waals surface area contributed by atoms with E-state index < -0.39 is 0 Å². The predicted octanol–water partition coefficient (Wildman–Crippen LogP) is 4.00. The summed E-state index contributed by atoms with van der Waals surface area (Å²) in [6, 6.07) is 8.98. The first-order valence-corrected chi connectivity index (χ1v) is 8.29. The number of hydrogen-bond acceptors (Lipinski definition) is 2. The first-order chi connectivity index (χ1) is 8.86. The number of piperidine rings is 1. The third-order valence-corrected chi connectivity index (χ3v) is 5.71. The molecule has 0 spiro atoms. The molecular weight excluding hydrogens is 238 g/mol. The molecule has 0 amide bonds. The maximum absolute atomic E-state index is 2.71. The van der Waals surface area contributed by atoms with Crippen molar-refractivity contribution in [3.63, 3.8) is 0 Å². The SMILES string of the molecule is CCC1CCCN(CC2CSc3ccccc32)C1. The molecule has 1 saturated heterocycles.